The first-order chi connectivity index (χ1) is 23.6. The highest BCUT2D eigenvalue weighted by Crippen LogP contribution is 2.33. The predicted octanol–water partition coefficient (Wildman–Crippen LogP) is 5.71. The van der Waals surface area contributed by atoms with E-state index < -0.39 is 28.5 Å². The Labute approximate surface area is 289 Å². The van der Waals surface area contributed by atoms with Gasteiger partial charge in [0.1, 0.15) is 18.3 Å². The zero-order chi connectivity index (χ0) is 35.4. The van der Waals surface area contributed by atoms with Gasteiger partial charge in [0.05, 0.1) is 31.4 Å². The maximum Gasteiger partial charge on any atom is 0.264 e. The van der Waals surface area contributed by atoms with Crippen LogP contribution in [-0.4, -0.2) is 65.1 Å². The summed E-state index contributed by atoms with van der Waals surface area (Å²) in [4.78, 5) is 29.9. The van der Waals surface area contributed by atoms with Crippen LogP contribution in [0.2, 0.25) is 0 Å². The molecule has 0 aliphatic rings. The Morgan fingerprint density at radius 1 is 0.796 bits per heavy atom. The number of benzene rings is 4. The molecule has 0 heterocycles. The fourth-order valence-electron chi connectivity index (χ4n) is 5.26. The SMILES string of the molecule is CCOc1ccc(N(CC(=O)N(Cc2ccccc2)[C@@H](Cc2ccccc2)C(=O)NCC(C)C)S(=O)(=O)c2ccc(OC)c(OC)c2)cc1. The lowest BCUT2D eigenvalue weighted by Crippen LogP contribution is -2.53. The number of methoxy groups -OCH3 is 2. The largest absolute Gasteiger partial charge is 0.494 e. The number of amides is 2. The fourth-order valence-corrected chi connectivity index (χ4v) is 6.69. The molecule has 10 nitrogen and oxygen atoms in total. The van der Waals surface area contributed by atoms with Gasteiger partial charge in [0.25, 0.3) is 10.0 Å². The molecule has 0 saturated heterocycles. The lowest BCUT2D eigenvalue weighted by atomic mass is 10.0. The standard InChI is InChI=1S/C38H45N3O7S/c1-6-48-32-19-17-31(18-20-32)41(49(44,45)33-21-22-35(46-4)36(24-33)47-5)27-37(42)40(26-30-15-11-8-12-16-30)34(38(43)39-25-28(2)3)23-29-13-9-7-10-14-29/h7-22,24,28,34H,6,23,25-27H2,1-5H3,(H,39,43)/t34-/m0/s1. The molecule has 1 N–H and O–H groups in total. The summed E-state index contributed by atoms with van der Waals surface area (Å²) in [6, 6.07) is 28.6. The number of carbonyl (C=O) groups excluding carboxylic acids is 2. The van der Waals surface area contributed by atoms with E-state index in [1.54, 1.807) is 24.3 Å². The molecule has 49 heavy (non-hydrogen) atoms. The Hall–Kier alpha value is -5.03. The van der Waals surface area contributed by atoms with E-state index in [-0.39, 0.29) is 41.1 Å². The van der Waals surface area contributed by atoms with Crippen LogP contribution in [0.25, 0.3) is 0 Å². The second kappa shape index (κ2) is 17.4. The molecule has 11 heteroatoms. The Morgan fingerprint density at radius 3 is 1.98 bits per heavy atom. The quantitative estimate of drug-likeness (QED) is 0.151. The van der Waals surface area contributed by atoms with Crippen molar-refractivity contribution in [2.75, 3.05) is 38.2 Å². The number of anilines is 1. The van der Waals surface area contributed by atoms with Crippen molar-refractivity contribution in [2.45, 2.75) is 44.7 Å². The van der Waals surface area contributed by atoms with Gasteiger partial charge in [-0.25, -0.2) is 8.42 Å². The third-order valence-electron chi connectivity index (χ3n) is 7.81. The van der Waals surface area contributed by atoms with E-state index in [2.05, 4.69) is 5.32 Å². The number of sulfonamides is 1. The second-order valence-electron chi connectivity index (χ2n) is 11.8. The second-order valence-corrected chi connectivity index (χ2v) is 13.7. The van der Waals surface area contributed by atoms with Crippen molar-refractivity contribution in [3.63, 3.8) is 0 Å². The van der Waals surface area contributed by atoms with E-state index in [4.69, 9.17) is 14.2 Å². The van der Waals surface area contributed by atoms with Gasteiger partial charge in [-0.3, -0.25) is 13.9 Å². The third-order valence-corrected chi connectivity index (χ3v) is 9.58. The van der Waals surface area contributed by atoms with E-state index in [9.17, 15) is 18.0 Å². The molecule has 0 spiro atoms. The third kappa shape index (κ3) is 9.76. The maximum atomic E-state index is 14.6. The van der Waals surface area contributed by atoms with Crippen molar-refractivity contribution >= 4 is 27.5 Å². The number of rotatable bonds is 17. The molecule has 2 amide bonds. The summed E-state index contributed by atoms with van der Waals surface area (Å²) in [5.74, 6) is 0.435. The molecule has 0 fully saturated rings. The highest BCUT2D eigenvalue weighted by atomic mass is 32.2. The molecule has 0 saturated carbocycles. The Kier molecular flexibility index (Phi) is 13.1. The molecule has 4 aromatic rings. The monoisotopic (exact) mass is 687 g/mol. The van der Waals surface area contributed by atoms with Crippen LogP contribution in [0.15, 0.2) is 108 Å². The summed E-state index contributed by atoms with van der Waals surface area (Å²) in [6.07, 6.45) is 0.231. The Bertz CT molecular complexity index is 1770. The van der Waals surface area contributed by atoms with Crippen LogP contribution in [0.4, 0.5) is 5.69 Å². The van der Waals surface area contributed by atoms with Gasteiger partial charge < -0.3 is 24.4 Å². The number of nitrogens with one attached hydrogen (secondary N) is 1. The number of hydrogen-bond donors (Lipinski definition) is 1. The average Bonchev–Trinajstić information content (AvgIpc) is 3.11. The highest BCUT2D eigenvalue weighted by Gasteiger charge is 2.35. The summed E-state index contributed by atoms with van der Waals surface area (Å²) in [6.45, 7) is 6.19. The average molecular weight is 688 g/mol. The van der Waals surface area contributed by atoms with Crippen molar-refractivity contribution in [1.29, 1.82) is 0 Å². The van der Waals surface area contributed by atoms with Crippen molar-refractivity contribution < 1.29 is 32.2 Å². The Balaban J connectivity index is 1.81. The zero-order valence-corrected chi connectivity index (χ0v) is 29.5. The van der Waals surface area contributed by atoms with Gasteiger partial charge in [-0.15, -0.1) is 0 Å². The van der Waals surface area contributed by atoms with Crippen molar-refractivity contribution in [2.24, 2.45) is 5.92 Å². The molecule has 1 atom stereocenters. The summed E-state index contributed by atoms with van der Waals surface area (Å²) in [7, 11) is -1.48. The van der Waals surface area contributed by atoms with Crippen LogP contribution in [0, 0.1) is 5.92 Å². The fraction of sp³-hybridized carbons (Fsp3) is 0.316. The minimum absolute atomic E-state index is 0.0831. The lowest BCUT2D eigenvalue weighted by Gasteiger charge is -2.34. The van der Waals surface area contributed by atoms with Gasteiger partial charge in [0.2, 0.25) is 11.8 Å². The summed E-state index contributed by atoms with van der Waals surface area (Å²) < 4.78 is 46.3. The van der Waals surface area contributed by atoms with Gasteiger partial charge >= 0.3 is 0 Å². The van der Waals surface area contributed by atoms with Crippen molar-refractivity contribution in [1.82, 2.24) is 10.2 Å². The number of hydrogen-bond acceptors (Lipinski definition) is 7. The van der Waals surface area contributed by atoms with Crippen LogP contribution in [0.5, 0.6) is 17.2 Å². The maximum absolute atomic E-state index is 14.6. The smallest absolute Gasteiger partial charge is 0.264 e. The van der Waals surface area contributed by atoms with E-state index in [0.29, 0.717) is 24.7 Å². The van der Waals surface area contributed by atoms with Crippen LogP contribution in [0.3, 0.4) is 0 Å². The van der Waals surface area contributed by atoms with Crippen LogP contribution in [0.1, 0.15) is 31.9 Å². The molecule has 0 aliphatic heterocycles. The lowest BCUT2D eigenvalue weighted by molar-refractivity contribution is -0.140. The molecule has 260 valence electrons. The van der Waals surface area contributed by atoms with Crippen LogP contribution >= 0.6 is 0 Å². The molecule has 0 aromatic heterocycles. The summed E-state index contributed by atoms with van der Waals surface area (Å²) >= 11 is 0. The molecule has 4 rings (SSSR count). The molecule has 0 aliphatic carbocycles. The Morgan fingerprint density at radius 2 is 1.41 bits per heavy atom. The number of nitrogens with zero attached hydrogens (tertiary/aromatic N) is 2. The van der Waals surface area contributed by atoms with Gasteiger partial charge in [-0.2, -0.15) is 0 Å². The molecule has 4 aromatic carbocycles. The molecular formula is C38H45N3O7S. The van der Waals surface area contributed by atoms with E-state index in [0.717, 1.165) is 15.4 Å². The molecular weight excluding hydrogens is 642 g/mol. The van der Waals surface area contributed by atoms with Gasteiger partial charge in [0.15, 0.2) is 11.5 Å². The van der Waals surface area contributed by atoms with Crippen molar-refractivity contribution in [3.8, 4) is 17.2 Å². The predicted molar refractivity (Wildman–Crippen MR) is 190 cm³/mol. The number of carbonyl (C=O) groups is 2. The van der Waals surface area contributed by atoms with E-state index >= 15 is 0 Å². The van der Waals surface area contributed by atoms with Crippen LogP contribution in [-0.2, 0) is 32.6 Å². The number of ether oxygens (including phenoxy) is 3. The van der Waals surface area contributed by atoms with E-state index in [1.165, 1.54) is 37.3 Å². The van der Waals surface area contributed by atoms with Gasteiger partial charge in [-0.05, 0) is 60.4 Å². The van der Waals surface area contributed by atoms with Gasteiger partial charge in [-0.1, -0.05) is 74.5 Å². The highest BCUT2D eigenvalue weighted by molar-refractivity contribution is 7.92. The zero-order valence-electron chi connectivity index (χ0n) is 28.7. The van der Waals surface area contributed by atoms with Crippen molar-refractivity contribution in [3.05, 3.63) is 114 Å². The molecule has 0 bridgehead atoms. The molecule has 0 radical (unpaired) electrons. The topological polar surface area (TPSA) is 114 Å². The summed E-state index contributed by atoms with van der Waals surface area (Å²) in [5.41, 5.74) is 1.90. The minimum atomic E-state index is -4.36. The van der Waals surface area contributed by atoms with E-state index in [1.807, 2.05) is 81.4 Å². The van der Waals surface area contributed by atoms with Crippen LogP contribution < -0.4 is 23.8 Å². The minimum Gasteiger partial charge on any atom is -0.494 e. The van der Waals surface area contributed by atoms with Gasteiger partial charge in [0, 0.05) is 25.6 Å². The molecule has 0 unspecified atom stereocenters. The summed E-state index contributed by atoms with van der Waals surface area (Å²) in [5, 5.41) is 3.00. The first-order valence-corrected chi connectivity index (χ1v) is 17.6. The first-order valence-electron chi connectivity index (χ1n) is 16.2. The first kappa shape index (κ1) is 36.8. The normalized spacial score (nSPS) is 11.8.